The predicted octanol–water partition coefficient (Wildman–Crippen LogP) is 2.09. The maximum atomic E-state index is 13.5. The minimum absolute atomic E-state index is 0.138. The molecule has 2 bridgehead atoms. The fourth-order valence-corrected chi connectivity index (χ4v) is 3.32. The molecule has 2 heterocycles. The van der Waals surface area contributed by atoms with Gasteiger partial charge in [-0.25, -0.2) is 4.39 Å². The summed E-state index contributed by atoms with van der Waals surface area (Å²) in [6, 6.07) is 7.36. The first-order chi connectivity index (χ1) is 9.22. The van der Waals surface area contributed by atoms with E-state index in [4.69, 9.17) is 0 Å². The number of nitrogens with one attached hydrogen (secondary N) is 2. The molecule has 2 N–H and O–H groups in total. The van der Waals surface area contributed by atoms with Crippen LogP contribution >= 0.6 is 0 Å². The lowest BCUT2D eigenvalue weighted by molar-refractivity contribution is 0.0937. The van der Waals surface area contributed by atoms with Crippen LogP contribution < -0.4 is 10.6 Å². The number of hydrogen-bond acceptors (Lipinski definition) is 2. The van der Waals surface area contributed by atoms with E-state index in [1.807, 2.05) is 0 Å². The van der Waals surface area contributed by atoms with Crippen molar-refractivity contribution in [2.75, 3.05) is 6.54 Å². The van der Waals surface area contributed by atoms with Crippen molar-refractivity contribution in [1.82, 2.24) is 10.6 Å². The summed E-state index contributed by atoms with van der Waals surface area (Å²) in [5, 5.41) is 6.45. The molecular weight excluding hydrogens is 243 g/mol. The Labute approximate surface area is 112 Å². The van der Waals surface area contributed by atoms with Crippen LogP contribution in [-0.4, -0.2) is 24.5 Å². The van der Waals surface area contributed by atoms with Gasteiger partial charge in [0.1, 0.15) is 5.82 Å². The summed E-state index contributed by atoms with van der Waals surface area (Å²) in [5.41, 5.74) is 0.138. The Balaban J connectivity index is 1.55. The van der Waals surface area contributed by atoms with Crippen molar-refractivity contribution in [1.29, 1.82) is 0 Å². The van der Waals surface area contributed by atoms with Crippen molar-refractivity contribution in [3.8, 4) is 0 Å². The van der Waals surface area contributed by atoms with Crippen molar-refractivity contribution in [2.24, 2.45) is 5.92 Å². The Morgan fingerprint density at radius 1 is 1.26 bits per heavy atom. The first-order valence-electron chi connectivity index (χ1n) is 7.01. The predicted molar refractivity (Wildman–Crippen MR) is 71.4 cm³/mol. The van der Waals surface area contributed by atoms with Crippen LogP contribution in [0, 0.1) is 11.7 Å². The second kappa shape index (κ2) is 5.29. The van der Waals surface area contributed by atoms with Crippen molar-refractivity contribution >= 4 is 5.91 Å². The highest BCUT2D eigenvalue weighted by Crippen LogP contribution is 2.30. The lowest BCUT2D eigenvalue weighted by Gasteiger charge is -2.29. The van der Waals surface area contributed by atoms with Gasteiger partial charge >= 0.3 is 0 Å². The third-order valence-electron chi connectivity index (χ3n) is 4.24. The quantitative estimate of drug-likeness (QED) is 0.875. The molecule has 19 heavy (non-hydrogen) atoms. The van der Waals surface area contributed by atoms with Gasteiger partial charge in [-0.1, -0.05) is 12.1 Å². The minimum Gasteiger partial charge on any atom is -0.352 e. The molecule has 1 aromatic rings. The summed E-state index contributed by atoms with van der Waals surface area (Å²) in [6.07, 6.45) is 4.74. The third kappa shape index (κ3) is 2.78. The molecule has 0 aromatic heterocycles. The first kappa shape index (κ1) is 12.6. The highest BCUT2D eigenvalue weighted by Gasteiger charge is 2.33. The van der Waals surface area contributed by atoms with Gasteiger partial charge in [-0.05, 0) is 43.7 Å². The Morgan fingerprint density at radius 2 is 1.95 bits per heavy atom. The molecule has 2 saturated heterocycles. The van der Waals surface area contributed by atoms with Gasteiger partial charge in [0.2, 0.25) is 0 Å². The lowest BCUT2D eigenvalue weighted by atomic mass is 9.92. The number of fused-ring (bicyclic) bond motifs is 2. The minimum atomic E-state index is -0.453. The number of amides is 1. The van der Waals surface area contributed by atoms with Gasteiger partial charge in [-0.2, -0.15) is 0 Å². The number of hydrogen-bond donors (Lipinski definition) is 2. The molecule has 1 amide bonds. The van der Waals surface area contributed by atoms with E-state index in [1.165, 1.54) is 25.0 Å². The Morgan fingerprint density at radius 3 is 2.63 bits per heavy atom. The zero-order valence-electron chi connectivity index (χ0n) is 10.9. The van der Waals surface area contributed by atoms with E-state index in [1.54, 1.807) is 12.1 Å². The topological polar surface area (TPSA) is 41.1 Å². The maximum Gasteiger partial charge on any atom is 0.254 e. The van der Waals surface area contributed by atoms with Crippen LogP contribution in [0.1, 0.15) is 36.0 Å². The van der Waals surface area contributed by atoms with E-state index in [9.17, 15) is 9.18 Å². The van der Waals surface area contributed by atoms with Gasteiger partial charge in [0.15, 0.2) is 0 Å². The monoisotopic (exact) mass is 262 g/mol. The average molecular weight is 262 g/mol. The molecule has 2 aliphatic heterocycles. The smallest absolute Gasteiger partial charge is 0.254 e. The molecule has 3 rings (SSSR count). The summed E-state index contributed by atoms with van der Waals surface area (Å²) in [4.78, 5) is 11.9. The number of carbonyl (C=O) groups is 1. The molecule has 2 fully saturated rings. The normalized spacial score (nSPS) is 29.2. The molecule has 4 heteroatoms. The van der Waals surface area contributed by atoms with Gasteiger partial charge in [0.05, 0.1) is 5.56 Å². The van der Waals surface area contributed by atoms with Crippen molar-refractivity contribution in [2.45, 2.75) is 37.8 Å². The number of rotatable bonds is 3. The molecule has 0 aliphatic carbocycles. The second-order valence-electron chi connectivity index (χ2n) is 5.67. The second-order valence-corrected chi connectivity index (χ2v) is 5.67. The lowest BCUT2D eigenvalue weighted by Crippen LogP contribution is -2.42. The average Bonchev–Trinajstić information content (AvgIpc) is 2.76. The van der Waals surface area contributed by atoms with Crippen LogP contribution in [0.15, 0.2) is 24.3 Å². The van der Waals surface area contributed by atoms with Gasteiger partial charge in [-0.3, -0.25) is 4.79 Å². The van der Waals surface area contributed by atoms with Crippen LogP contribution in [0.4, 0.5) is 4.39 Å². The SMILES string of the molecule is O=C(NCC1CC2CCC(C1)N2)c1ccccc1F. The molecule has 102 valence electrons. The fourth-order valence-electron chi connectivity index (χ4n) is 3.32. The van der Waals surface area contributed by atoms with Gasteiger partial charge in [0.25, 0.3) is 5.91 Å². The highest BCUT2D eigenvalue weighted by molar-refractivity contribution is 5.94. The molecule has 3 nitrogen and oxygen atoms in total. The molecule has 0 radical (unpaired) electrons. The molecule has 2 atom stereocenters. The van der Waals surface area contributed by atoms with Crippen molar-refractivity contribution in [3.05, 3.63) is 35.6 Å². The number of carbonyl (C=O) groups excluding carboxylic acids is 1. The summed E-state index contributed by atoms with van der Waals surface area (Å²) in [6.45, 7) is 0.655. The molecule has 2 aliphatic rings. The number of piperidine rings is 1. The van der Waals surface area contributed by atoms with E-state index in [2.05, 4.69) is 10.6 Å². The highest BCUT2D eigenvalue weighted by atomic mass is 19.1. The summed E-state index contributed by atoms with van der Waals surface area (Å²) in [5.74, 6) is -0.233. The zero-order valence-corrected chi connectivity index (χ0v) is 10.9. The Hall–Kier alpha value is -1.42. The standard InChI is InChI=1S/C15H19FN2O/c16-14-4-2-1-3-13(14)15(19)17-9-10-7-11-5-6-12(8-10)18-11/h1-4,10-12,18H,5-9H2,(H,17,19). The van der Waals surface area contributed by atoms with E-state index in [0.29, 0.717) is 24.5 Å². The van der Waals surface area contributed by atoms with E-state index < -0.39 is 5.82 Å². The van der Waals surface area contributed by atoms with Crippen LogP contribution in [0.5, 0.6) is 0 Å². The first-order valence-corrected chi connectivity index (χ1v) is 7.01. The van der Waals surface area contributed by atoms with Crippen molar-refractivity contribution < 1.29 is 9.18 Å². The van der Waals surface area contributed by atoms with E-state index in [0.717, 1.165) is 12.8 Å². The van der Waals surface area contributed by atoms with E-state index >= 15 is 0 Å². The maximum absolute atomic E-state index is 13.5. The van der Waals surface area contributed by atoms with Gasteiger partial charge in [-0.15, -0.1) is 0 Å². The molecule has 0 spiro atoms. The fraction of sp³-hybridized carbons (Fsp3) is 0.533. The molecular formula is C15H19FN2O. The zero-order chi connectivity index (χ0) is 13.2. The Bertz CT molecular complexity index is 465. The van der Waals surface area contributed by atoms with Crippen molar-refractivity contribution in [3.63, 3.8) is 0 Å². The summed E-state index contributed by atoms with van der Waals surface area (Å²) < 4.78 is 13.5. The third-order valence-corrected chi connectivity index (χ3v) is 4.24. The van der Waals surface area contributed by atoms with E-state index in [-0.39, 0.29) is 11.5 Å². The van der Waals surface area contributed by atoms with Gasteiger partial charge < -0.3 is 10.6 Å². The number of halogens is 1. The van der Waals surface area contributed by atoms with Gasteiger partial charge in [0, 0.05) is 18.6 Å². The largest absolute Gasteiger partial charge is 0.352 e. The van der Waals surface area contributed by atoms with Crippen LogP contribution in [0.25, 0.3) is 0 Å². The Kier molecular flexibility index (Phi) is 3.51. The molecule has 2 unspecified atom stereocenters. The van der Waals surface area contributed by atoms with Crippen LogP contribution in [0.2, 0.25) is 0 Å². The van der Waals surface area contributed by atoms with Crippen LogP contribution in [0.3, 0.4) is 0 Å². The summed E-state index contributed by atoms with van der Waals surface area (Å²) in [7, 11) is 0. The molecule has 0 saturated carbocycles. The summed E-state index contributed by atoms with van der Waals surface area (Å²) >= 11 is 0. The van der Waals surface area contributed by atoms with Crippen LogP contribution in [-0.2, 0) is 0 Å². The number of benzene rings is 1. The molecule has 1 aromatic carbocycles.